The Balaban J connectivity index is 1.82. The average molecular weight is 460 g/mol. The second kappa shape index (κ2) is 10.4. The molecule has 0 spiro atoms. The highest BCUT2D eigenvalue weighted by Crippen LogP contribution is 2.30. The first-order valence-electron chi connectivity index (χ1n) is 10.1. The van der Waals surface area contributed by atoms with Gasteiger partial charge in [-0.2, -0.15) is 18.3 Å². The summed E-state index contributed by atoms with van der Waals surface area (Å²) in [5, 5.41) is 14.4. The van der Waals surface area contributed by atoms with Crippen LogP contribution in [0.15, 0.2) is 72.0 Å². The molecule has 33 heavy (non-hydrogen) atoms. The Morgan fingerprint density at radius 2 is 1.88 bits per heavy atom. The summed E-state index contributed by atoms with van der Waals surface area (Å²) in [6.07, 6.45) is -3.80. The largest absolute Gasteiger partial charge is 0.493 e. The molecule has 0 fully saturated rings. The quantitative estimate of drug-likeness (QED) is 0.487. The van der Waals surface area contributed by atoms with Crippen LogP contribution in [-0.4, -0.2) is 34.7 Å². The van der Waals surface area contributed by atoms with E-state index in [0.717, 1.165) is 5.56 Å². The lowest BCUT2D eigenvalue weighted by Crippen LogP contribution is -2.36. The minimum Gasteiger partial charge on any atom is -0.493 e. The van der Waals surface area contributed by atoms with Gasteiger partial charge in [0.1, 0.15) is 18.3 Å². The zero-order chi connectivity index (χ0) is 24.0. The zero-order valence-corrected chi connectivity index (χ0v) is 17.9. The second-order valence-corrected chi connectivity index (χ2v) is 7.24. The maximum Gasteiger partial charge on any atom is 0.421 e. The van der Waals surface area contributed by atoms with Crippen LogP contribution in [-0.2, 0) is 19.1 Å². The summed E-state index contributed by atoms with van der Waals surface area (Å²) in [6.45, 7) is 2.90. The van der Waals surface area contributed by atoms with Crippen LogP contribution in [0.3, 0.4) is 0 Å². The average Bonchev–Trinajstić information content (AvgIpc) is 2.79. The van der Waals surface area contributed by atoms with Gasteiger partial charge in [0, 0.05) is 5.56 Å². The third-order valence-electron chi connectivity index (χ3n) is 4.77. The molecule has 0 aliphatic heterocycles. The highest BCUT2D eigenvalue weighted by atomic mass is 19.4. The number of alkyl halides is 3. The number of hydrogen-bond acceptors (Lipinski definition) is 5. The number of aliphatic hydroxyl groups is 1. The molecule has 1 atom stereocenters. The van der Waals surface area contributed by atoms with E-state index in [9.17, 15) is 23.1 Å². The van der Waals surface area contributed by atoms with Gasteiger partial charge in [0.25, 0.3) is 5.56 Å². The molecule has 3 aromatic rings. The van der Waals surface area contributed by atoms with Crippen molar-refractivity contribution in [1.29, 1.82) is 0 Å². The number of aliphatic hydroxyl groups excluding tert-OH is 1. The minimum atomic E-state index is -4.87. The van der Waals surface area contributed by atoms with E-state index in [0.29, 0.717) is 34.2 Å². The Kier molecular flexibility index (Phi) is 7.55. The molecule has 2 aromatic carbocycles. The molecule has 0 aliphatic carbocycles. The highest BCUT2D eigenvalue weighted by Gasteiger charge is 2.35. The predicted molar refractivity (Wildman–Crippen MR) is 117 cm³/mol. The van der Waals surface area contributed by atoms with Crippen molar-refractivity contribution in [2.75, 3.05) is 13.7 Å². The molecule has 1 heterocycles. The van der Waals surface area contributed by atoms with E-state index >= 15 is 0 Å². The van der Waals surface area contributed by atoms with Crippen LogP contribution in [0.4, 0.5) is 13.2 Å². The first-order valence-corrected chi connectivity index (χ1v) is 10.1. The number of methoxy groups -OCH3 is 1. The summed E-state index contributed by atoms with van der Waals surface area (Å²) >= 11 is 0. The zero-order valence-electron chi connectivity index (χ0n) is 17.9. The van der Waals surface area contributed by atoms with Crippen molar-refractivity contribution < 1.29 is 27.8 Å². The fourth-order valence-electron chi connectivity index (χ4n) is 3.18. The maximum atomic E-state index is 13.5. The first kappa shape index (κ1) is 24.1. The topological polar surface area (TPSA) is 73.6 Å². The van der Waals surface area contributed by atoms with Gasteiger partial charge in [-0.3, -0.25) is 4.79 Å². The summed E-state index contributed by atoms with van der Waals surface area (Å²) in [5.74, 6) is 0.779. The number of ether oxygens (including phenoxy) is 2. The normalized spacial score (nSPS) is 12.3. The summed E-state index contributed by atoms with van der Waals surface area (Å²) in [4.78, 5) is 12.4. The first-order chi connectivity index (χ1) is 15.7. The Morgan fingerprint density at radius 3 is 2.52 bits per heavy atom. The molecular formula is C24H23F3N2O4. The fourth-order valence-corrected chi connectivity index (χ4v) is 3.18. The van der Waals surface area contributed by atoms with Gasteiger partial charge >= 0.3 is 6.18 Å². The molecule has 3 rings (SSSR count). The predicted octanol–water partition coefficient (Wildman–Crippen LogP) is 4.11. The molecule has 1 N–H and O–H groups in total. The van der Waals surface area contributed by atoms with Gasteiger partial charge in [0.2, 0.25) is 0 Å². The third kappa shape index (κ3) is 6.01. The van der Waals surface area contributed by atoms with E-state index in [2.05, 4.69) is 11.7 Å². The highest BCUT2D eigenvalue weighted by molar-refractivity contribution is 5.59. The van der Waals surface area contributed by atoms with Gasteiger partial charge in [0.05, 0.1) is 19.3 Å². The fraction of sp³-hybridized carbons (Fsp3) is 0.250. The van der Waals surface area contributed by atoms with E-state index in [1.807, 2.05) is 0 Å². The number of benzene rings is 2. The maximum absolute atomic E-state index is 13.5. The van der Waals surface area contributed by atoms with Crippen molar-refractivity contribution in [2.45, 2.75) is 25.2 Å². The summed E-state index contributed by atoms with van der Waals surface area (Å²) in [7, 11) is 1.47. The van der Waals surface area contributed by atoms with Crippen molar-refractivity contribution in [3.05, 3.63) is 88.7 Å². The van der Waals surface area contributed by atoms with Crippen molar-refractivity contribution in [2.24, 2.45) is 0 Å². The van der Waals surface area contributed by atoms with Crippen LogP contribution < -0.4 is 15.0 Å². The van der Waals surface area contributed by atoms with E-state index in [1.54, 1.807) is 54.6 Å². The number of rotatable bonds is 9. The Hall–Kier alpha value is -3.59. The van der Waals surface area contributed by atoms with Gasteiger partial charge in [0.15, 0.2) is 11.5 Å². The molecule has 174 valence electrons. The molecule has 1 unspecified atom stereocenters. The minimum absolute atomic E-state index is 0.0323. The van der Waals surface area contributed by atoms with Crippen molar-refractivity contribution in [3.63, 3.8) is 0 Å². The summed E-state index contributed by atoms with van der Waals surface area (Å²) in [5.41, 5.74) is -1.37. The lowest BCUT2D eigenvalue weighted by molar-refractivity contribution is -0.139. The monoisotopic (exact) mass is 460 g/mol. The lowest BCUT2D eigenvalue weighted by Gasteiger charge is -2.17. The molecular weight excluding hydrogens is 437 g/mol. The van der Waals surface area contributed by atoms with Gasteiger partial charge in [-0.25, -0.2) is 4.68 Å². The smallest absolute Gasteiger partial charge is 0.421 e. The molecule has 6 nitrogen and oxygen atoms in total. The second-order valence-electron chi connectivity index (χ2n) is 7.24. The van der Waals surface area contributed by atoms with Gasteiger partial charge in [-0.15, -0.1) is 6.58 Å². The van der Waals surface area contributed by atoms with Gasteiger partial charge < -0.3 is 14.6 Å². The van der Waals surface area contributed by atoms with Crippen LogP contribution in [0.2, 0.25) is 0 Å². The lowest BCUT2D eigenvalue weighted by atomic mass is 10.1. The van der Waals surface area contributed by atoms with Crippen molar-refractivity contribution in [3.8, 4) is 22.8 Å². The number of hydrogen-bond donors (Lipinski definition) is 1. The molecule has 0 saturated carbocycles. The molecule has 0 radical (unpaired) electrons. The number of allylic oxidation sites excluding steroid dienone is 1. The molecule has 9 heteroatoms. The molecule has 1 aromatic heterocycles. The molecule has 0 amide bonds. The van der Waals surface area contributed by atoms with Crippen molar-refractivity contribution in [1.82, 2.24) is 9.78 Å². The van der Waals surface area contributed by atoms with Crippen LogP contribution in [0.25, 0.3) is 11.3 Å². The standard InChI is InChI=1S/C24H23F3N2O4/c1-3-7-16-10-11-21(22(12-16)32-2)33-15-18(30)14-29-23(31)19(24(25,26)27)13-20(28-29)17-8-5-4-6-9-17/h3-6,8-13,18,30H,1,7,14-15H2,2H3. The summed E-state index contributed by atoms with van der Waals surface area (Å²) < 4.78 is 51.8. The van der Waals surface area contributed by atoms with Gasteiger partial charge in [-0.1, -0.05) is 42.5 Å². The van der Waals surface area contributed by atoms with Crippen LogP contribution in [0, 0.1) is 0 Å². The molecule has 0 saturated heterocycles. The van der Waals surface area contributed by atoms with E-state index < -0.39 is 29.9 Å². The Morgan fingerprint density at radius 1 is 1.15 bits per heavy atom. The van der Waals surface area contributed by atoms with E-state index in [1.165, 1.54) is 7.11 Å². The van der Waals surface area contributed by atoms with Crippen LogP contribution >= 0.6 is 0 Å². The Labute approximate surface area is 188 Å². The van der Waals surface area contributed by atoms with E-state index in [-0.39, 0.29) is 12.3 Å². The Bertz CT molecular complexity index is 1160. The SMILES string of the molecule is C=CCc1ccc(OCC(O)Cn2nc(-c3ccccc3)cc(C(F)(F)F)c2=O)c(OC)c1. The molecule has 0 aliphatic rings. The molecule has 0 bridgehead atoms. The van der Waals surface area contributed by atoms with Crippen LogP contribution in [0.1, 0.15) is 11.1 Å². The van der Waals surface area contributed by atoms with Crippen LogP contribution in [0.5, 0.6) is 11.5 Å². The van der Waals surface area contributed by atoms with Gasteiger partial charge in [-0.05, 0) is 30.2 Å². The third-order valence-corrected chi connectivity index (χ3v) is 4.77. The number of halogens is 3. The van der Waals surface area contributed by atoms with Crippen molar-refractivity contribution >= 4 is 0 Å². The van der Waals surface area contributed by atoms with E-state index in [4.69, 9.17) is 9.47 Å². The number of aromatic nitrogens is 2. The summed E-state index contributed by atoms with van der Waals surface area (Å²) in [6, 6.07) is 14.1. The number of nitrogens with zero attached hydrogens (tertiary/aromatic N) is 2.